The van der Waals surface area contributed by atoms with E-state index in [1.807, 2.05) is 37.3 Å². The molecule has 1 fully saturated rings. The van der Waals surface area contributed by atoms with Crippen molar-refractivity contribution in [3.05, 3.63) is 64.2 Å². The molecule has 0 spiro atoms. The summed E-state index contributed by atoms with van der Waals surface area (Å²) in [4.78, 5) is 0. The third kappa shape index (κ3) is 4.08. The number of piperidine rings is 1. The van der Waals surface area contributed by atoms with Gasteiger partial charge < -0.3 is 15.6 Å². The molecule has 8 heteroatoms. The lowest BCUT2D eigenvalue weighted by molar-refractivity contribution is -0.0610. The Hall–Kier alpha value is -1.97. The quantitative estimate of drug-likeness (QED) is 0.715. The first-order valence-electron chi connectivity index (χ1n) is 11.9. The van der Waals surface area contributed by atoms with E-state index in [-0.39, 0.29) is 30.5 Å². The molecular formula is C25H33N3O4S. The Balaban J connectivity index is 1.44. The first-order chi connectivity index (χ1) is 15.9. The second-order valence-corrected chi connectivity index (χ2v) is 11.3. The van der Waals surface area contributed by atoms with E-state index in [1.165, 1.54) is 5.56 Å². The number of phenolic OH excluding ortho intramolecular Hbond substituents is 1. The van der Waals surface area contributed by atoms with Crippen LogP contribution < -0.4 is 5.73 Å². The summed E-state index contributed by atoms with van der Waals surface area (Å²) in [5, 5.41) is 10.8. The number of aromatic hydroxyl groups is 1. The fourth-order valence-electron chi connectivity index (χ4n) is 5.63. The van der Waals surface area contributed by atoms with E-state index in [9.17, 15) is 13.5 Å². The lowest BCUT2D eigenvalue weighted by atomic mass is 9.87. The average Bonchev–Trinajstić information content (AvgIpc) is 2.85. The van der Waals surface area contributed by atoms with E-state index >= 15 is 0 Å². The summed E-state index contributed by atoms with van der Waals surface area (Å²) in [5.41, 5.74) is 10.9. The smallest absolute Gasteiger partial charge is 0.282 e. The van der Waals surface area contributed by atoms with Crippen LogP contribution in [-0.2, 0) is 34.3 Å². The topological polar surface area (TPSA) is 96.1 Å². The first kappa shape index (κ1) is 22.8. The third-order valence-corrected chi connectivity index (χ3v) is 9.48. The van der Waals surface area contributed by atoms with Crippen molar-refractivity contribution in [2.45, 2.75) is 63.8 Å². The van der Waals surface area contributed by atoms with Gasteiger partial charge in [-0.15, -0.1) is 0 Å². The van der Waals surface area contributed by atoms with Gasteiger partial charge in [-0.2, -0.15) is 17.0 Å². The number of hydrogen-bond donors (Lipinski definition) is 2. The fraction of sp³-hybridized carbons (Fsp3) is 0.520. The van der Waals surface area contributed by atoms with Gasteiger partial charge in [-0.25, -0.2) is 0 Å². The van der Waals surface area contributed by atoms with Crippen LogP contribution in [0.2, 0.25) is 0 Å². The van der Waals surface area contributed by atoms with Gasteiger partial charge in [0.15, 0.2) is 0 Å². The summed E-state index contributed by atoms with van der Waals surface area (Å²) in [6, 6.07) is 11.6. The monoisotopic (exact) mass is 471 g/mol. The van der Waals surface area contributed by atoms with E-state index in [0.29, 0.717) is 26.1 Å². The van der Waals surface area contributed by atoms with Crippen molar-refractivity contribution in [3.8, 4) is 5.75 Å². The van der Waals surface area contributed by atoms with Crippen LogP contribution in [0.1, 0.15) is 53.2 Å². The molecule has 2 aromatic carbocycles. The van der Waals surface area contributed by atoms with Gasteiger partial charge in [0.1, 0.15) is 5.75 Å². The maximum absolute atomic E-state index is 13.8. The third-order valence-electron chi connectivity index (χ3n) is 7.47. The van der Waals surface area contributed by atoms with E-state index < -0.39 is 10.2 Å². The minimum absolute atomic E-state index is 0.275. The van der Waals surface area contributed by atoms with E-state index in [4.69, 9.17) is 10.5 Å². The number of rotatable bonds is 4. The van der Waals surface area contributed by atoms with Gasteiger partial charge in [0.25, 0.3) is 10.2 Å². The second-order valence-electron chi connectivity index (χ2n) is 9.44. The predicted molar refractivity (Wildman–Crippen MR) is 127 cm³/mol. The largest absolute Gasteiger partial charge is 0.507 e. The van der Waals surface area contributed by atoms with E-state index in [2.05, 4.69) is 6.07 Å². The molecule has 33 heavy (non-hydrogen) atoms. The zero-order valence-electron chi connectivity index (χ0n) is 19.1. The average molecular weight is 472 g/mol. The number of hydrogen-bond acceptors (Lipinski definition) is 5. The Morgan fingerprint density at radius 2 is 1.91 bits per heavy atom. The molecule has 3 atom stereocenters. The molecule has 0 saturated carbocycles. The van der Waals surface area contributed by atoms with Crippen LogP contribution in [0.25, 0.3) is 0 Å². The fourth-order valence-corrected chi connectivity index (χ4v) is 7.50. The van der Waals surface area contributed by atoms with Gasteiger partial charge in [-0.05, 0) is 48.4 Å². The second kappa shape index (κ2) is 9.00. The molecule has 0 radical (unpaired) electrons. The van der Waals surface area contributed by atoms with Crippen LogP contribution >= 0.6 is 0 Å². The highest BCUT2D eigenvalue weighted by atomic mass is 32.2. The first-order valence-corrected chi connectivity index (χ1v) is 13.3. The molecule has 0 aliphatic carbocycles. The summed E-state index contributed by atoms with van der Waals surface area (Å²) in [5.74, 6) is 0.275. The minimum atomic E-state index is -3.65. The molecule has 7 nitrogen and oxygen atoms in total. The molecule has 3 heterocycles. The highest BCUT2D eigenvalue weighted by Crippen LogP contribution is 2.40. The standard InChI is InChI=1S/C25H33N3O4S/c1-17-9-10-20-21(25(17)29)14-23(32-24(20)15-26)22-8-4-5-12-28(22)33(30,31)27-13-11-18-6-2-3-7-19(18)16-27/h2-3,6-7,9-10,22-24,29H,4-5,8,11-16,26H2,1H3/t22?,23-,24-/m0/s1. The molecule has 0 bridgehead atoms. The Bertz CT molecular complexity index is 1140. The number of nitrogens with two attached hydrogens (primary N) is 1. The van der Waals surface area contributed by atoms with Crippen LogP contribution in [0, 0.1) is 6.92 Å². The van der Waals surface area contributed by atoms with Gasteiger partial charge in [0.2, 0.25) is 0 Å². The van der Waals surface area contributed by atoms with Crippen molar-refractivity contribution < 1.29 is 18.3 Å². The van der Waals surface area contributed by atoms with Crippen LogP contribution in [0.3, 0.4) is 0 Å². The summed E-state index contributed by atoms with van der Waals surface area (Å²) in [7, 11) is -3.65. The van der Waals surface area contributed by atoms with Crippen molar-refractivity contribution >= 4 is 10.2 Å². The van der Waals surface area contributed by atoms with Gasteiger partial charge in [-0.3, -0.25) is 0 Å². The van der Waals surface area contributed by atoms with Gasteiger partial charge in [-0.1, -0.05) is 42.8 Å². The van der Waals surface area contributed by atoms with Crippen molar-refractivity contribution in [2.24, 2.45) is 5.73 Å². The highest BCUT2D eigenvalue weighted by Gasteiger charge is 2.44. The molecule has 3 aliphatic heterocycles. The van der Waals surface area contributed by atoms with E-state index in [1.54, 1.807) is 8.61 Å². The van der Waals surface area contributed by atoms with Crippen molar-refractivity contribution in [1.29, 1.82) is 0 Å². The minimum Gasteiger partial charge on any atom is -0.507 e. The maximum atomic E-state index is 13.8. The predicted octanol–water partition coefficient (Wildman–Crippen LogP) is 2.80. The Labute approximate surface area is 196 Å². The van der Waals surface area contributed by atoms with Crippen molar-refractivity contribution in [1.82, 2.24) is 8.61 Å². The van der Waals surface area contributed by atoms with Crippen LogP contribution in [0.4, 0.5) is 0 Å². The molecule has 1 unspecified atom stereocenters. The number of phenols is 1. The SMILES string of the molecule is Cc1ccc2c(c1O)C[C@@H](C1CCCCN1S(=O)(=O)N1CCc3ccccc3C1)O[C@H]2CN. The molecule has 178 valence electrons. The molecule has 2 aromatic rings. The molecule has 0 aromatic heterocycles. The molecule has 3 aliphatic rings. The van der Waals surface area contributed by atoms with Crippen LogP contribution in [-0.4, -0.2) is 53.9 Å². The number of fused-ring (bicyclic) bond motifs is 2. The molecule has 0 amide bonds. The van der Waals surface area contributed by atoms with Gasteiger partial charge in [0.05, 0.1) is 18.2 Å². The van der Waals surface area contributed by atoms with Crippen LogP contribution in [0.5, 0.6) is 5.75 Å². The maximum Gasteiger partial charge on any atom is 0.282 e. The number of ether oxygens (including phenoxy) is 1. The zero-order chi connectivity index (χ0) is 23.2. The Morgan fingerprint density at radius 1 is 1.12 bits per heavy atom. The normalized spacial score (nSPS) is 26.5. The summed E-state index contributed by atoms with van der Waals surface area (Å²) in [6.45, 7) is 3.55. The Morgan fingerprint density at radius 3 is 2.70 bits per heavy atom. The summed E-state index contributed by atoms with van der Waals surface area (Å²) >= 11 is 0. The van der Waals surface area contributed by atoms with Gasteiger partial charge in [0, 0.05) is 38.2 Å². The molecular weight excluding hydrogens is 438 g/mol. The lowest BCUT2D eigenvalue weighted by Gasteiger charge is -2.44. The van der Waals surface area contributed by atoms with Crippen LogP contribution in [0.15, 0.2) is 36.4 Å². The number of benzene rings is 2. The molecule has 1 saturated heterocycles. The van der Waals surface area contributed by atoms with Gasteiger partial charge >= 0.3 is 0 Å². The molecule has 3 N–H and O–H groups in total. The highest BCUT2D eigenvalue weighted by molar-refractivity contribution is 7.86. The summed E-state index contributed by atoms with van der Waals surface area (Å²) < 4.78 is 37.4. The Kier molecular flexibility index (Phi) is 6.22. The summed E-state index contributed by atoms with van der Waals surface area (Å²) in [6.07, 6.45) is 3.06. The zero-order valence-corrected chi connectivity index (χ0v) is 19.9. The molecule has 5 rings (SSSR count). The van der Waals surface area contributed by atoms with E-state index in [0.717, 1.165) is 47.9 Å². The van der Waals surface area contributed by atoms with Crippen molar-refractivity contribution in [3.63, 3.8) is 0 Å². The number of nitrogens with zero attached hydrogens (tertiary/aromatic N) is 2. The van der Waals surface area contributed by atoms with Crippen molar-refractivity contribution in [2.75, 3.05) is 19.6 Å². The number of aryl methyl sites for hydroxylation is 1. The lowest BCUT2D eigenvalue weighted by Crippen LogP contribution is -2.56.